The first-order chi connectivity index (χ1) is 11.6. The van der Waals surface area contributed by atoms with Gasteiger partial charge in [0.15, 0.2) is 0 Å². The van der Waals surface area contributed by atoms with Crippen LogP contribution in [0.2, 0.25) is 0 Å². The molecule has 0 unspecified atom stereocenters. The Labute approximate surface area is 144 Å². The van der Waals surface area contributed by atoms with Crippen LogP contribution in [-0.4, -0.2) is 28.6 Å². The largest absolute Gasteiger partial charge is 0.319 e. The van der Waals surface area contributed by atoms with Crippen LogP contribution in [-0.2, 0) is 10.0 Å². The lowest BCUT2D eigenvalue weighted by atomic mass is 9.82. The highest BCUT2D eigenvalue weighted by Crippen LogP contribution is 2.28. The van der Waals surface area contributed by atoms with E-state index in [0.29, 0.717) is 17.4 Å². The zero-order valence-corrected chi connectivity index (χ0v) is 15.0. The molecule has 1 aliphatic carbocycles. The molecule has 0 aliphatic heterocycles. The second-order valence-electron chi connectivity index (χ2n) is 6.81. The van der Waals surface area contributed by atoms with Gasteiger partial charge in [0.1, 0.15) is 0 Å². The minimum Gasteiger partial charge on any atom is -0.319 e. The number of hydrogen-bond acceptors (Lipinski definition) is 3. The average Bonchev–Trinajstić information content (AvgIpc) is 2.61. The van der Waals surface area contributed by atoms with Crippen molar-refractivity contribution in [3.05, 3.63) is 42.5 Å². The number of benzene rings is 2. The number of rotatable bonds is 6. The van der Waals surface area contributed by atoms with Crippen LogP contribution < -0.4 is 10.0 Å². The lowest BCUT2D eigenvalue weighted by Crippen LogP contribution is -2.32. The Morgan fingerprint density at radius 3 is 2.21 bits per heavy atom. The van der Waals surface area contributed by atoms with Gasteiger partial charge in [0.2, 0.25) is 10.0 Å². The molecular weight excluding hydrogens is 320 g/mol. The van der Waals surface area contributed by atoms with Crippen LogP contribution in [0.1, 0.15) is 25.7 Å². The smallest absolute Gasteiger partial charge is 0.240 e. The molecule has 0 bridgehead atoms. The summed E-state index contributed by atoms with van der Waals surface area (Å²) in [6.07, 6.45) is 4.57. The minimum absolute atomic E-state index is 0.352. The van der Waals surface area contributed by atoms with Gasteiger partial charge in [-0.3, -0.25) is 0 Å². The van der Waals surface area contributed by atoms with Crippen molar-refractivity contribution < 1.29 is 8.42 Å². The van der Waals surface area contributed by atoms with Gasteiger partial charge in [-0.25, -0.2) is 13.1 Å². The molecule has 1 fully saturated rings. The summed E-state index contributed by atoms with van der Waals surface area (Å²) in [6.45, 7) is 1.61. The van der Waals surface area contributed by atoms with Crippen LogP contribution in [0.15, 0.2) is 47.4 Å². The minimum atomic E-state index is -3.44. The summed E-state index contributed by atoms with van der Waals surface area (Å²) >= 11 is 0. The van der Waals surface area contributed by atoms with Crippen molar-refractivity contribution in [3.8, 4) is 0 Å². The van der Waals surface area contributed by atoms with Gasteiger partial charge in [-0.15, -0.1) is 0 Å². The molecule has 130 valence electrons. The fourth-order valence-electron chi connectivity index (χ4n) is 3.57. The molecule has 2 aromatic rings. The Balaban J connectivity index is 1.61. The average molecular weight is 346 g/mol. The van der Waals surface area contributed by atoms with Crippen molar-refractivity contribution in [3.63, 3.8) is 0 Å². The first kappa shape index (κ1) is 17.4. The highest BCUT2D eigenvalue weighted by atomic mass is 32.2. The van der Waals surface area contributed by atoms with Crippen LogP contribution in [0.4, 0.5) is 0 Å². The van der Waals surface area contributed by atoms with E-state index in [-0.39, 0.29) is 0 Å². The van der Waals surface area contributed by atoms with Gasteiger partial charge in [-0.05, 0) is 74.0 Å². The van der Waals surface area contributed by atoms with Crippen molar-refractivity contribution in [2.24, 2.45) is 11.8 Å². The molecule has 0 spiro atoms. The fraction of sp³-hybridized carbons (Fsp3) is 0.474. The predicted molar refractivity (Wildman–Crippen MR) is 98.5 cm³/mol. The molecule has 24 heavy (non-hydrogen) atoms. The molecule has 0 heterocycles. The molecule has 2 N–H and O–H groups in total. The quantitative estimate of drug-likeness (QED) is 0.845. The summed E-state index contributed by atoms with van der Waals surface area (Å²) in [6, 6.07) is 13.1. The van der Waals surface area contributed by atoms with Gasteiger partial charge in [-0.2, -0.15) is 0 Å². The summed E-state index contributed by atoms with van der Waals surface area (Å²) in [5.41, 5.74) is 0. The predicted octanol–water partition coefficient (Wildman–Crippen LogP) is 3.14. The van der Waals surface area contributed by atoms with E-state index in [1.165, 1.54) is 12.8 Å². The van der Waals surface area contributed by atoms with Crippen LogP contribution in [0.3, 0.4) is 0 Å². The monoisotopic (exact) mass is 346 g/mol. The maximum Gasteiger partial charge on any atom is 0.240 e. The Morgan fingerprint density at radius 2 is 1.54 bits per heavy atom. The zero-order valence-electron chi connectivity index (χ0n) is 14.2. The van der Waals surface area contributed by atoms with E-state index in [2.05, 4.69) is 10.0 Å². The normalized spacial score (nSPS) is 21.9. The molecule has 4 nitrogen and oxygen atoms in total. The number of nitrogens with one attached hydrogen (secondary N) is 2. The maximum absolute atomic E-state index is 12.6. The highest BCUT2D eigenvalue weighted by Gasteiger charge is 2.23. The van der Waals surface area contributed by atoms with Crippen LogP contribution >= 0.6 is 0 Å². The third-order valence-electron chi connectivity index (χ3n) is 5.05. The Hall–Kier alpha value is -1.43. The van der Waals surface area contributed by atoms with E-state index in [0.717, 1.165) is 36.1 Å². The zero-order chi connectivity index (χ0) is 17.0. The van der Waals surface area contributed by atoms with Crippen LogP contribution in [0, 0.1) is 11.8 Å². The van der Waals surface area contributed by atoms with Crippen molar-refractivity contribution in [1.82, 2.24) is 10.0 Å². The molecule has 0 atom stereocenters. The first-order valence-electron chi connectivity index (χ1n) is 8.71. The molecular formula is C19H26N2O2S. The molecule has 0 aromatic heterocycles. The van der Waals surface area contributed by atoms with E-state index >= 15 is 0 Å². The topological polar surface area (TPSA) is 58.2 Å². The summed E-state index contributed by atoms with van der Waals surface area (Å²) in [7, 11) is -1.45. The van der Waals surface area contributed by atoms with Crippen LogP contribution in [0.25, 0.3) is 10.8 Å². The summed E-state index contributed by atoms with van der Waals surface area (Å²) < 4.78 is 27.9. The summed E-state index contributed by atoms with van der Waals surface area (Å²) in [4.78, 5) is 0.352. The first-order valence-corrected chi connectivity index (χ1v) is 10.2. The van der Waals surface area contributed by atoms with Gasteiger partial charge in [-0.1, -0.05) is 30.3 Å². The van der Waals surface area contributed by atoms with Gasteiger partial charge in [0.05, 0.1) is 4.90 Å². The molecule has 3 rings (SSSR count). The second-order valence-corrected chi connectivity index (χ2v) is 8.57. The Morgan fingerprint density at radius 1 is 0.917 bits per heavy atom. The second kappa shape index (κ2) is 7.64. The van der Waals surface area contributed by atoms with Gasteiger partial charge in [0, 0.05) is 6.54 Å². The highest BCUT2D eigenvalue weighted by molar-refractivity contribution is 7.89. The van der Waals surface area contributed by atoms with Crippen molar-refractivity contribution in [2.45, 2.75) is 30.6 Å². The fourth-order valence-corrected chi connectivity index (χ4v) is 4.72. The number of fused-ring (bicyclic) bond motifs is 1. The van der Waals surface area contributed by atoms with E-state index in [9.17, 15) is 8.42 Å². The lowest BCUT2D eigenvalue weighted by molar-refractivity contribution is 0.272. The van der Waals surface area contributed by atoms with Gasteiger partial charge in [0.25, 0.3) is 0 Å². The maximum atomic E-state index is 12.6. The standard InChI is InChI=1S/C19H26N2O2S/c1-20-13-15-6-8-16(9-7-15)14-21-24(22,23)19-11-10-17-4-2-3-5-18(17)12-19/h2-5,10-12,15-16,20-21H,6-9,13-14H2,1H3. The van der Waals surface area contributed by atoms with E-state index in [1.807, 2.05) is 37.4 Å². The Bertz CT molecular complexity index is 781. The van der Waals surface area contributed by atoms with E-state index in [4.69, 9.17) is 0 Å². The molecule has 5 heteroatoms. The molecule has 1 aliphatic rings. The molecule has 0 radical (unpaired) electrons. The molecule has 2 aromatic carbocycles. The van der Waals surface area contributed by atoms with Crippen LogP contribution in [0.5, 0.6) is 0 Å². The van der Waals surface area contributed by atoms with Gasteiger partial charge < -0.3 is 5.32 Å². The third-order valence-corrected chi connectivity index (χ3v) is 6.47. The molecule has 0 amide bonds. The summed E-state index contributed by atoms with van der Waals surface area (Å²) in [5.74, 6) is 1.19. The number of hydrogen-bond donors (Lipinski definition) is 2. The third kappa shape index (κ3) is 4.15. The lowest BCUT2D eigenvalue weighted by Gasteiger charge is -2.28. The Kier molecular flexibility index (Phi) is 5.54. The summed E-state index contributed by atoms with van der Waals surface area (Å²) in [5, 5.41) is 5.24. The van der Waals surface area contributed by atoms with Crippen molar-refractivity contribution in [1.29, 1.82) is 0 Å². The van der Waals surface area contributed by atoms with Gasteiger partial charge >= 0.3 is 0 Å². The number of sulfonamides is 1. The SMILES string of the molecule is CNCC1CCC(CNS(=O)(=O)c2ccc3ccccc3c2)CC1. The van der Waals surface area contributed by atoms with Crippen molar-refractivity contribution in [2.75, 3.05) is 20.1 Å². The molecule has 1 saturated carbocycles. The van der Waals surface area contributed by atoms with E-state index < -0.39 is 10.0 Å². The molecule has 0 saturated heterocycles. The van der Waals surface area contributed by atoms with Crippen molar-refractivity contribution >= 4 is 20.8 Å². The van der Waals surface area contributed by atoms with E-state index in [1.54, 1.807) is 12.1 Å².